The van der Waals surface area contributed by atoms with E-state index in [0.29, 0.717) is 24.1 Å². The number of carbonyl (C=O) groups excluding carboxylic acids is 3. The number of fused-ring (bicyclic) bond motifs is 4. The van der Waals surface area contributed by atoms with Crippen LogP contribution in [0.3, 0.4) is 0 Å². The van der Waals surface area contributed by atoms with Gasteiger partial charge in [-0.15, -0.1) is 0 Å². The molecule has 2 N–H and O–H groups in total. The Kier molecular flexibility index (Phi) is 4.34. The van der Waals surface area contributed by atoms with Gasteiger partial charge in [-0.1, -0.05) is 20.8 Å². The Morgan fingerprint density at radius 3 is 2.54 bits per heavy atom. The van der Waals surface area contributed by atoms with E-state index >= 15 is 0 Å². The molecule has 0 saturated carbocycles. The molecule has 4 rings (SSSR count). The van der Waals surface area contributed by atoms with Crippen LogP contribution in [0.1, 0.15) is 46.1 Å². The minimum absolute atomic E-state index is 0.225. The van der Waals surface area contributed by atoms with Crippen LogP contribution in [0.5, 0.6) is 0 Å². The lowest BCUT2D eigenvalue weighted by Crippen LogP contribution is -2.54. The van der Waals surface area contributed by atoms with Gasteiger partial charge >= 0.3 is 0 Å². The minimum atomic E-state index is -1.41. The summed E-state index contributed by atoms with van der Waals surface area (Å²) in [4.78, 5) is 41.2. The third-order valence-electron chi connectivity index (χ3n) is 6.47. The summed E-state index contributed by atoms with van der Waals surface area (Å²) >= 11 is 0. The molecule has 6 nitrogen and oxygen atoms in total. The lowest BCUT2D eigenvalue weighted by atomic mass is 9.76. The Morgan fingerprint density at radius 1 is 1.18 bits per heavy atom. The van der Waals surface area contributed by atoms with Gasteiger partial charge in [-0.2, -0.15) is 0 Å². The highest BCUT2D eigenvalue weighted by Gasteiger charge is 2.70. The highest BCUT2D eigenvalue weighted by molar-refractivity contribution is 6.15. The number of imide groups is 1. The number of amides is 3. The fraction of sp³-hybridized carbons (Fsp3) is 0.571. The average molecular weight is 387 g/mol. The van der Waals surface area contributed by atoms with Crippen molar-refractivity contribution in [1.82, 2.24) is 10.2 Å². The Hall–Kier alpha value is -2.28. The maximum absolute atomic E-state index is 14.1. The van der Waals surface area contributed by atoms with Gasteiger partial charge in [0.25, 0.3) is 0 Å². The van der Waals surface area contributed by atoms with Gasteiger partial charge in [-0.3, -0.25) is 24.6 Å². The van der Waals surface area contributed by atoms with E-state index < -0.39 is 23.2 Å². The second-order valence-electron chi connectivity index (χ2n) is 8.64. The molecule has 7 heteroatoms. The Morgan fingerprint density at radius 2 is 1.89 bits per heavy atom. The molecule has 1 aromatic rings. The number of rotatable bonds is 4. The molecule has 1 spiro atoms. The van der Waals surface area contributed by atoms with Gasteiger partial charge in [-0.25, -0.2) is 4.39 Å². The van der Waals surface area contributed by atoms with Gasteiger partial charge in [-0.05, 0) is 43.9 Å². The molecule has 3 heterocycles. The minimum Gasteiger partial charge on any atom is -0.324 e. The molecule has 1 aromatic carbocycles. The zero-order valence-corrected chi connectivity index (χ0v) is 16.6. The lowest BCUT2D eigenvalue weighted by Gasteiger charge is -2.31. The van der Waals surface area contributed by atoms with E-state index in [9.17, 15) is 18.8 Å². The van der Waals surface area contributed by atoms with Crippen LogP contribution >= 0.6 is 0 Å². The van der Waals surface area contributed by atoms with Crippen LogP contribution in [0.15, 0.2) is 18.2 Å². The summed E-state index contributed by atoms with van der Waals surface area (Å²) in [6.45, 7) is 7.85. The van der Waals surface area contributed by atoms with Crippen LogP contribution in [-0.2, 0) is 19.9 Å². The molecular weight excluding hydrogens is 361 g/mol. The van der Waals surface area contributed by atoms with Gasteiger partial charge in [0.1, 0.15) is 11.4 Å². The summed E-state index contributed by atoms with van der Waals surface area (Å²) < 4.78 is 14.1. The molecule has 0 aliphatic carbocycles. The van der Waals surface area contributed by atoms with Crippen molar-refractivity contribution in [3.8, 4) is 0 Å². The molecule has 0 unspecified atom stereocenters. The van der Waals surface area contributed by atoms with Crippen molar-refractivity contribution in [2.75, 3.05) is 5.32 Å². The van der Waals surface area contributed by atoms with Crippen molar-refractivity contribution >= 4 is 23.4 Å². The number of halogens is 1. The van der Waals surface area contributed by atoms with Gasteiger partial charge in [0, 0.05) is 23.3 Å². The average Bonchev–Trinajstić information content (AvgIpc) is 3.20. The molecule has 3 aliphatic rings. The van der Waals surface area contributed by atoms with Crippen molar-refractivity contribution < 1.29 is 18.8 Å². The number of nitrogens with one attached hydrogen (secondary N) is 2. The number of carbonyl (C=O) groups is 3. The first-order chi connectivity index (χ1) is 13.2. The molecule has 0 aromatic heterocycles. The molecule has 2 fully saturated rings. The molecule has 3 amide bonds. The Bertz CT molecular complexity index is 870. The van der Waals surface area contributed by atoms with Gasteiger partial charge < -0.3 is 5.32 Å². The maximum Gasteiger partial charge on any atom is 0.250 e. The zero-order valence-electron chi connectivity index (χ0n) is 16.6. The summed E-state index contributed by atoms with van der Waals surface area (Å²) in [6, 6.07) is 3.54. The zero-order chi connectivity index (χ0) is 20.4. The third kappa shape index (κ3) is 2.38. The standard InChI is InChI=1S/C21H26FN3O3/c1-5-11(4)25-18(26)16-15(8-10(2)3)24-21(17(16)19(25)27)13-9-12(22)6-7-14(13)23-20(21)28/h6-7,9-11,15-17,24H,5,8H2,1-4H3,(H,23,28)/t11-,15-,16+,17-,21-/m0/s1. The normalized spacial score (nSPS) is 32.3. The van der Waals surface area contributed by atoms with E-state index in [1.54, 1.807) is 0 Å². The van der Waals surface area contributed by atoms with E-state index in [2.05, 4.69) is 10.6 Å². The Balaban J connectivity index is 1.89. The number of hydrogen-bond donors (Lipinski definition) is 2. The molecule has 0 bridgehead atoms. The van der Waals surface area contributed by atoms with Crippen LogP contribution in [0, 0.1) is 23.6 Å². The predicted molar refractivity (Wildman–Crippen MR) is 102 cm³/mol. The van der Waals surface area contributed by atoms with Crippen LogP contribution in [0.4, 0.5) is 10.1 Å². The SMILES string of the molecule is CC[C@H](C)N1C(=O)[C@@H]2[C@H](CC(C)C)N[C@]3(C(=O)Nc4ccc(F)cc43)[C@@H]2C1=O. The number of likely N-dealkylation sites (tertiary alicyclic amines) is 1. The van der Waals surface area contributed by atoms with E-state index in [1.165, 1.54) is 23.1 Å². The molecular formula is C21H26FN3O3. The number of nitrogens with zero attached hydrogens (tertiary/aromatic N) is 1. The van der Waals surface area contributed by atoms with E-state index in [0.717, 1.165) is 0 Å². The smallest absolute Gasteiger partial charge is 0.250 e. The molecule has 0 radical (unpaired) electrons. The van der Waals surface area contributed by atoms with Crippen molar-refractivity contribution in [2.45, 2.75) is 58.2 Å². The van der Waals surface area contributed by atoms with Crippen molar-refractivity contribution in [1.29, 1.82) is 0 Å². The van der Waals surface area contributed by atoms with Gasteiger partial charge in [0.05, 0.1) is 11.8 Å². The van der Waals surface area contributed by atoms with Crippen LogP contribution in [0.25, 0.3) is 0 Å². The third-order valence-corrected chi connectivity index (χ3v) is 6.47. The van der Waals surface area contributed by atoms with Gasteiger partial charge in [0.15, 0.2) is 0 Å². The first kappa shape index (κ1) is 19.1. The quantitative estimate of drug-likeness (QED) is 0.778. The predicted octanol–water partition coefficient (Wildman–Crippen LogP) is 2.39. The van der Waals surface area contributed by atoms with Gasteiger partial charge in [0.2, 0.25) is 17.7 Å². The number of benzene rings is 1. The molecule has 3 aliphatic heterocycles. The first-order valence-corrected chi connectivity index (χ1v) is 9.98. The number of anilines is 1. The highest BCUT2D eigenvalue weighted by atomic mass is 19.1. The molecule has 28 heavy (non-hydrogen) atoms. The Labute approximate surface area is 163 Å². The molecule has 2 saturated heterocycles. The second kappa shape index (κ2) is 6.37. The monoisotopic (exact) mass is 387 g/mol. The van der Waals surface area contributed by atoms with Crippen molar-refractivity contribution in [3.63, 3.8) is 0 Å². The van der Waals surface area contributed by atoms with Crippen LogP contribution in [-0.4, -0.2) is 34.7 Å². The van der Waals surface area contributed by atoms with Crippen LogP contribution in [0.2, 0.25) is 0 Å². The summed E-state index contributed by atoms with van der Waals surface area (Å²) in [5.74, 6) is -2.64. The van der Waals surface area contributed by atoms with Crippen molar-refractivity contribution in [2.24, 2.45) is 17.8 Å². The lowest BCUT2D eigenvalue weighted by molar-refractivity contribution is -0.145. The molecule has 5 atom stereocenters. The highest BCUT2D eigenvalue weighted by Crippen LogP contribution is 2.54. The van der Waals surface area contributed by atoms with E-state index in [-0.39, 0.29) is 35.7 Å². The fourth-order valence-corrected chi connectivity index (χ4v) is 5.12. The largest absolute Gasteiger partial charge is 0.324 e. The summed E-state index contributed by atoms with van der Waals surface area (Å²) in [5.41, 5.74) is -0.493. The summed E-state index contributed by atoms with van der Waals surface area (Å²) in [5, 5.41) is 6.11. The number of hydrogen-bond acceptors (Lipinski definition) is 4. The molecule has 150 valence electrons. The second-order valence-corrected chi connectivity index (χ2v) is 8.64. The fourth-order valence-electron chi connectivity index (χ4n) is 5.12. The van der Waals surface area contributed by atoms with Crippen LogP contribution < -0.4 is 10.6 Å². The van der Waals surface area contributed by atoms with Crippen molar-refractivity contribution in [3.05, 3.63) is 29.6 Å². The topological polar surface area (TPSA) is 78.5 Å². The summed E-state index contributed by atoms with van der Waals surface area (Å²) in [7, 11) is 0. The summed E-state index contributed by atoms with van der Waals surface area (Å²) in [6.07, 6.45) is 1.29. The van der Waals surface area contributed by atoms with E-state index in [1.807, 2.05) is 27.7 Å². The first-order valence-electron chi connectivity index (χ1n) is 9.98. The maximum atomic E-state index is 14.1. The van der Waals surface area contributed by atoms with E-state index in [4.69, 9.17) is 0 Å².